The van der Waals surface area contributed by atoms with E-state index in [1.807, 2.05) is 6.07 Å². The third-order valence-corrected chi connectivity index (χ3v) is 4.77. The van der Waals surface area contributed by atoms with E-state index >= 15 is 0 Å². The van der Waals surface area contributed by atoms with Crippen LogP contribution in [0.4, 0.5) is 0 Å². The molecule has 20 heavy (non-hydrogen) atoms. The van der Waals surface area contributed by atoms with Gasteiger partial charge in [0.15, 0.2) is 6.04 Å². The Hall–Kier alpha value is -1.84. The fourth-order valence-electron chi connectivity index (χ4n) is 3.53. The number of amides is 1. The first-order valence-corrected chi connectivity index (χ1v) is 7.20. The van der Waals surface area contributed by atoms with E-state index in [9.17, 15) is 14.7 Å². The van der Waals surface area contributed by atoms with Crippen LogP contribution in [-0.4, -0.2) is 17.0 Å². The fourth-order valence-corrected chi connectivity index (χ4v) is 3.53. The Kier molecular flexibility index (Phi) is 3.24. The van der Waals surface area contributed by atoms with Crippen LogP contribution in [-0.2, 0) is 9.59 Å². The van der Waals surface area contributed by atoms with E-state index in [4.69, 9.17) is 0 Å². The fraction of sp³-hybridized carbons (Fsp3) is 0.500. The molecule has 0 saturated heterocycles. The molecule has 0 bridgehead atoms. The van der Waals surface area contributed by atoms with Crippen molar-refractivity contribution >= 4 is 11.9 Å². The molecule has 2 fully saturated rings. The summed E-state index contributed by atoms with van der Waals surface area (Å²) in [7, 11) is 0. The molecule has 1 amide bonds. The minimum Gasteiger partial charge on any atom is -0.479 e. The molecule has 106 valence electrons. The largest absolute Gasteiger partial charge is 0.479 e. The van der Waals surface area contributed by atoms with E-state index in [1.54, 1.807) is 24.3 Å². The van der Waals surface area contributed by atoms with Crippen LogP contribution in [0.2, 0.25) is 0 Å². The van der Waals surface area contributed by atoms with E-state index in [1.165, 1.54) is 12.8 Å². The predicted octanol–water partition coefficient (Wildman–Crippen LogP) is 2.51. The van der Waals surface area contributed by atoms with E-state index in [0.29, 0.717) is 5.56 Å². The molecule has 2 atom stereocenters. The predicted molar refractivity (Wildman–Crippen MR) is 74.0 cm³/mol. The normalized spacial score (nSPS) is 24.3. The molecule has 2 aliphatic rings. The highest BCUT2D eigenvalue weighted by Crippen LogP contribution is 2.62. The van der Waals surface area contributed by atoms with E-state index in [2.05, 4.69) is 5.32 Å². The number of benzene rings is 1. The number of hydrogen-bond acceptors (Lipinski definition) is 2. The van der Waals surface area contributed by atoms with Gasteiger partial charge in [0.05, 0.1) is 0 Å². The summed E-state index contributed by atoms with van der Waals surface area (Å²) in [5.41, 5.74) is 0.818. The summed E-state index contributed by atoms with van der Waals surface area (Å²) in [5.74, 6) is -1.08. The van der Waals surface area contributed by atoms with E-state index in [-0.39, 0.29) is 17.2 Å². The number of carbonyl (C=O) groups is 2. The summed E-state index contributed by atoms with van der Waals surface area (Å²) < 4.78 is 0. The van der Waals surface area contributed by atoms with Gasteiger partial charge in [-0.3, -0.25) is 4.79 Å². The van der Waals surface area contributed by atoms with Crippen LogP contribution in [0, 0.1) is 11.3 Å². The number of rotatable bonds is 4. The average Bonchev–Trinajstić information content (AvgIpc) is 2.94. The highest BCUT2D eigenvalue weighted by molar-refractivity contribution is 5.88. The van der Waals surface area contributed by atoms with Gasteiger partial charge in [0, 0.05) is 5.92 Å². The molecule has 3 rings (SSSR count). The van der Waals surface area contributed by atoms with Crippen LogP contribution in [0.3, 0.4) is 0 Å². The van der Waals surface area contributed by atoms with Crippen LogP contribution >= 0.6 is 0 Å². The molecular weight excluding hydrogens is 254 g/mol. The summed E-state index contributed by atoms with van der Waals surface area (Å²) in [5, 5.41) is 12.0. The molecule has 1 aromatic carbocycles. The minimum atomic E-state index is -1.01. The lowest BCUT2D eigenvalue weighted by atomic mass is 10.0. The molecule has 1 unspecified atom stereocenters. The van der Waals surface area contributed by atoms with Gasteiger partial charge in [-0.15, -0.1) is 0 Å². The second-order valence-electron chi connectivity index (χ2n) is 6.02. The lowest BCUT2D eigenvalue weighted by Gasteiger charge is -2.16. The van der Waals surface area contributed by atoms with Crippen LogP contribution in [0.25, 0.3) is 0 Å². The van der Waals surface area contributed by atoms with E-state index < -0.39 is 12.0 Å². The zero-order valence-corrected chi connectivity index (χ0v) is 11.3. The Morgan fingerprint density at radius 3 is 2.45 bits per heavy atom. The van der Waals surface area contributed by atoms with Crippen molar-refractivity contribution in [2.24, 2.45) is 11.3 Å². The molecule has 1 aromatic rings. The zero-order chi connectivity index (χ0) is 14.2. The van der Waals surface area contributed by atoms with Crippen LogP contribution in [0.5, 0.6) is 0 Å². The zero-order valence-electron chi connectivity index (χ0n) is 11.3. The Morgan fingerprint density at radius 2 is 1.85 bits per heavy atom. The average molecular weight is 273 g/mol. The third kappa shape index (κ3) is 2.30. The molecule has 0 aromatic heterocycles. The summed E-state index contributed by atoms with van der Waals surface area (Å²) >= 11 is 0. The maximum Gasteiger partial charge on any atom is 0.330 e. The first kappa shape index (κ1) is 13.2. The maximum atomic E-state index is 12.3. The highest BCUT2D eigenvalue weighted by Gasteiger charge is 2.58. The quantitative estimate of drug-likeness (QED) is 0.885. The van der Waals surface area contributed by atoms with Gasteiger partial charge < -0.3 is 10.4 Å². The first-order chi connectivity index (χ1) is 9.62. The van der Waals surface area contributed by atoms with Gasteiger partial charge in [-0.2, -0.15) is 0 Å². The van der Waals surface area contributed by atoms with Gasteiger partial charge in [-0.1, -0.05) is 43.2 Å². The monoisotopic (exact) mass is 273 g/mol. The second kappa shape index (κ2) is 4.93. The van der Waals surface area contributed by atoms with Gasteiger partial charge >= 0.3 is 5.97 Å². The lowest BCUT2D eigenvalue weighted by molar-refractivity contribution is -0.142. The number of carboxylic acids is 1. The van der Waals surface area contributed by atoms with Gasteiger partial charge in [-0.05, 0) is 30.2 Å². The minimum absolute atomic E-state index is 0.0237. The van der Waals surface area contributed by atoms with Crippen molar-refractivity contribution in [3.8, 4) is 0 Å². The highest BCUT2D eigenvalue weighted by atomic mass is 16.4. The Bertz CT molecular complexity index is 520. The van der Waals surface area contributed by atoms with Gasteiger partial charge in [-0.25, -0.2) is 4.79 Å². The molecule has 2 aliphatic carbocycles. The molecule has 2 saturated carbocycles. The number of carboxylic acid groups (broad SMARTS) is 1. The van der Waals surface area contributed by atoms with Gasteiger partial charge in [0.25, 0.3) is 0 Å². The standard InChI is InChI=1S/C16H19NO3/c18-14(12-10-16(12)8-4-5-9-16)17-13(15(19)20)11-6-2-1-3-7-11/h1-3,6-7,12-13H,4-5,8-10H2,(H,17,18)(H,19,20)/t12?,13-/m0/s1. The summed E-state index contributed by atoms with van der Waals surface area (Å²) in [6, 6.07) is 7.93. The van der Waals surface area contributed by atoms with Gasteiger partial charge in [0.1, 0.15) is 0 Å². The van der Waals surface area contributed by atoms with Crippen LogP contribution in [0.1, 0.15) is 43.7 Å². The number of carbonyl (C=O) groups excluding carboxylic acids is 1. The first-order valence-electron chi connectivity index (χ1n) is 7.20. The SMILES string of the molecule is O=C(N[C@H](C(=O)O)c1ccccc1)C1CC12CCCC2. The number of nitrogens with one attached hydrogen (secondary N) is 1. The van der Waals surface area contributed by atoms with Gasteiger partial charge in [0.2, 0.25) is 5.91 Å². The van der Waals surface area contributed by atoms with Crippen molar-refractivity contribution in [2.45, 2.75) is 38.1 Å². The topological polar surface area (TPSA) is 66.4 Å². The molecular formula is C16H19NO3. The molecule has 0 aliphatic heterocycles. The Labute approximate surface area is 118 Å². The Morgan fingerprint density at radius 1 is 1.20 bits per heavy atom. The number of hydrogen-bond donors (Lipinski definition) is 2. The summed E-state index contributed by atoms with van der Waals surface area (Å²) in [6.07, 6.45) is 5.57. The molecule has 4 heteroatoms. The molecule has 4 nitrogen and oxygen atoms in total. The summed E-state index contributed by atoms with van der Waals surface area (Å²) in [4.78, 5) is 23.7. The maximum absolute atomic E-state index is 12.3. The molecule has 0 heterocycles. The molecule has 2 N–H and O–H groups in total. The molecule has 1 spiro atoms. The van der Waals surface area contributed by atoms with Crippen LogP contribution < -0.4 is 5.32 Å². The van der Waals surface area contributed by atoms with Crippen molar-refractivity contribution in [3.63, 3.8) is 0 Å². The molecule has 0 radical (unpaired) electrons. The van der Waals surface area contributed by atoms with Crippen molar-refractivity contribution in [2.75, 3.05) is 0 Å². The van der Waals surface area contributed by atoms with E-state index in [0.717, 1.165) is 19.3 Å². The smallest absolute Gasteiger partial charge is 0.330 e. The van der Waals surface area contributed by atoms with Crippen molar-refractivity contribution in [3.05, 3.63) is 35.9 Å². The Balaban J connectivity index is 1.69. The lowest BCUT2D eigenvalue weighted by Crippen LogP contribution is -2.35. The summed E-state index contributed by atoms with van der Waals surface area (Å²) in [6.45, 7) is 0. The van der Waals surface area contributed by atoms with Crippen molar-refractivity contribution < 1.29 is 14.7 Å². The third-order valence-electron chi connectivity index (χ3n) is 4.77. The number of aliphatic carboxylic acids is 1. The second-order valence-corrected chi connectivity index (χ2v) is 6.02. The van der Waals surface area contributed by atoms with Crippen LogP contribution in [0.15, 0.2) is 30.3 Å². The van der Waals surface area contributed by atoms with Crippen molar-refractivity contribution in [1.29, 1.82) is 0 Å². The van der Waals surface area contributed by atoms with Crippen molar-refractivity contribution in [1.82, 2.24) is 5.32 Å².